The number of aromatic nitrogens is 2. The minimum Gasteiger partial charge on any atom is -0.298 e. The van der Waals surface area contributed by atoms with Crippen molar-refractivity contribution in [1.82, 2.24) is 9.78 Å². The van der Waals surface area contributed by atoms with Crippen LogP contribution in [0.15, 0.2) is 0 Å². The fourth-order valence-corrected chi connectivity index (χ4v) is 3.70. The number of Topliss-reactive ketones (excluding diaryl/α,β-unsaturated/α-hetero) is 1. The van der Waals surface area contributed by atoms with Gasteiger partial charge in [0, 0.05) is 7.05 Å². The van der Waals surface area contributed by atoms with Gasteiger partial charge in [-0.1, -0.05) is 11.6 Å². The summed E-state index contributed by atoms with van der Waals surface area (Å²) in [6.07, 6.45) is 2.50. The van der Waals surface area contributed by atoms with Gasteiger partial charge in [-0.3, -0.25) is 9.48 Å². The number of hydrogen-bond acceptors (Lipinski definition) is 3. The van der Waals surface area contributed by atoms with Crippen LogP contribution in [0.2, 0.25) is 5.02 Å². The molecule has 2 heterocycles. The molecule has 1 aromatic rings. The molecule has 0 spiro atoms. The number of hydrogen-bond donors (Lipinski definition) is 0. The number of nitrogens with zero attached hydrogens (tertiary/aromatic N) is 2. The molecule has 3 nitrogen and oxygen atoms in total. The van der Waals surface area contributed by atoms with Gasteiger partial charge in [0.2, 0.25) is 0 Å². The summed E-state index contributed by atoms with van der Waals surface area (Å²) in [6.45, 7) is 3.91. The lowest BCUT2D eigenvalue weighted by atomic mass is 9.97. The first kappa shape index (κ1) is 13.0. The Kier molecular flexibility index (Phi) is 3.55. The van der Waals surface area contributed by atoms with E-state index in [1.807, 2.05) is 20.9 Å². The predicted octanol–water partition coefficient (Wildman–Crippen LogP) is 2.78. The predicted molar refractivity (Wildman–Crippen MR) is 71.8 cm³/mol. The Labute approximate surface area is 111 Å². The lowest BCUT2D eigenvalue weighted by Crippen LogP contribution is -2.30. The summed E-state index contributed by atoms with van der Waals surface area (Å²) in [5.74, 6) is 1.35. The third-order valence-electron chi connectivity index (χ3n) is 3.40. The third-order valence-corrected chi connectivity index (χ3v) is 5.45. The average molecular weight is 273 g/mol. The zero-order chi connectivity index (χ0) is 12.6. The van der Waals surface area contributed by atoms with Crippen molar-refractivity contribution in [1.29, 1.82) is 0 Å². The summed E-state index contributed by atoms with van der Waals surface area (Å²) < 4.78 is 1.50. The van der Waals surface area contributed by atoms with Crippen molar-refractivity contribution in [3.63, 3.8) is 0 Å². The Morgan fingerprint density at radius 1 is 1.65 bits per heavy atom. The quantitative estimate of drug-likeness (QED) is 0.849. The van der Waals surface area contributed by atoms with Gasteiger partial charge in [0.15, 0.2) is 5.78 Å². The minimum atomic E-state index is -0.221. The lowest BCUT2D eigenvalue weighted by Gasteiger charge is -2.20. The van der Waals surface area contributed by atoms with Crippen LogP contribution >= 0.6 is 23.4 Å². The molecule has 0 bridgehead atoms. The molecule has 1 aliphatic heterocycles. The van der Waals surface area contributed by atoms with Gasteiger partial charge in [0.25, 0.3) is 0 Å². The molecule has 17 heavy (non-hydrogen) atoms. The van der Waals surface area contributed by atoms with Gasteiger partial charge < -0.3 is 0 Å². The number of thioether (sulfide) groups is 1. The highest BCUT2D eigenvalue weighted by Crippen LogP contribution is 2.39. The number of aryl methyl sites for hydroxylation is 2. The van der Waals surface area contributed by atoms with E-state index >= 15 is 0 Å². The molecule has 2 rings (SSSR count). The van der Waals surface area contributed by atoms with Crippen molar-refractivity contribution >= 4 is 29.1 Å². The summed E-state index contributed by atoms with van der Waals surface area (Å²) >= 11 is 7.94. The molecule has 0 aliphatic carbocycles. The van der Waals surface area contributed by atoms with Crippen molar-refractivity contribution in [2.45, 2.75) is 37.9 Å². The molecule has 0 saturated carbocycles. The highest BCUT2D eigenvalue weighted by atomic mass is 35.5. The first-order valence-corrected chi connectivity index (χ1v) is 7.15. The van der Waals surface area contributed by atoms with Crippen LogP contribution in [0.4, 0.5) is 0 Å². The molecular weight excluding hydrogens is 256 g/mol. The van der Waals surface area contributed by atoms with Crippen molar-refractivity contribution in [2.24, 2.45) is 7.05 Å². The molecule has 0 amide bonds. The number of rotatable bonds is 3. The Balaban J connectivity index is 2.18. The highest BCUT2D eigenvalue weighted by molar-refractivity contribution is 8.01. The molecule has 0 aromatic carbocycles. The van der Waals surface area contributed by atoms with E-state index < -0.39 is 0 Å². The van der Waals surface area contributed by atoms with Crippen LogP contribution < -0.4 is 0 Å². The standard InChI is InChI=1S/C12H17ClN2OS/c1-8-11(13)9(15(3)14-8)7-10(16)12(2)5-4-6-17-12/h4-7H2,1-3H3. The van der Waals surface area contributed by atoms with E-state index in [2.05, 4.69) is 5.10 Å². The van der Waals surface area contributed by atoms with E-state index in [-0.39, 0.29) is 10.5 Å². The maximum Gasteiger partial charge on any atom is 0.154 e. The van der Waals surface area contributed by atoms with E-state index in [9.17, 15) is 4.79 Å². The fourth-order valence-electron chi connectivity index (χ4n) is 2.21. The average Bonchev–Trinajstić information content (AvgIpc) is 2.80. The smallest absolute Gasteiger partial charge is 0.154 e. The molecule has 1 aliphatic rings. The van der Waals surface area contributed by atoms with Crippen LogP contribution in [0.1, 0.15) is 31.2 Å². The van der Waals surface area contributed by atoms with E-state index in [0.717, 1.165) is 30.0 Å². The first-order chi connectivity index (χ1) is 7.94. The second-order valence-corrected chi connectivity index (χ2v) is 6.73. The van der Waals surface area contributed by atoms with Crippen LogP contribution in [0.5, 0.6) is 0 Å². The third kappa shape index (κ3) is 2.38. The normalized spacial score (nSPS) is 24.2. The lowest BCUT2D eigenvalue weighted by molar-refractivity contribution is -0.120. The van der Waals surface area contributed by atoms with Crippen LogP contribution in [0.25, 0.3) is 0 Å². The Bertz CT molecular complexity index is 450. The number of carbonyl (C=O) groups excluding carboxylic acids is 1. The Morgan fingerprint density at radius 2 is 2.35 bits per heavy atom. The van der Waals surface area contributed by atoms with Crippen LogP contribution in [-0.2, 0) is 18.3 Å². The van der Waals surface area contributed by atoms with Gasteiger partial charge in [-0.05, 0) is 32.4 Å². The summed E-state index contributed by atoms with van der Waals surface area (Å²) in [5, 5.41) is 4.87. The van der Waals surface area contributed by atoms with Crippen LogP contribution in [-0.4, -0.2) is 26.1 Å². The van der Waals surface area contributed by atoms with Gasteiger partial charge in [-0.15, -0.1) is 11.8 Å². The second-order valence-electron chi connectivity index (χ2n) is 4.75. The Hall–Kier alpha value is -0.480. The van der Waals surface area contributed by atoms with Gasteiger partial charge >= 0.3 is 0 Å². The zero-order valence-electron chi connectivity index (χ0n) is 10.4. The molecule has 5 heteroatoms. The number of ketones is 1. The summed E-state index contributed by atoms with van der Waals surface area (Å²) in [6, 6.07) is 0. The topological polar surface area (TPSA) is 34.9 Å². The maximum atomic E-state index is 12.3. The maximum absolute atomic E-state index is 12.3. The fraction of sp³-hybridized carbons (Fsp3) is 0.667. The van der Waals surface area contributed by atoms with Crippen molar-refractivity contribution in [3.8, 4) is 0 Å². The van der Waals surface area contributed by atoms with Crippen molar-refractivity contribution < 1.29 is 4.79 Å². The van der Waals surface area contributed by atoms with Crippen LogP contribution in [0, 0.1) is 6.92 Å². The monoisotopic (exact) mass is 272 g/mol. The minimum absolute atomic E-state index is 0.221. The molecule has 1 saturated heterocycles. The molecule has 1 unspecified atom stereocenters. The summed E-state index contributed by atoms with van der Waals surface area (Å²) in [7, 11) is 1.84. The van der Waals surface area contributed by atoms with E-state index in [1.54, 1.807) is 16.4 Å². The first-order valence-electron chi connectivity index (χ1n) is 5.79. The Morgan fingerprint density at radius 3 is 2.82 bits per heavy atom. The highest BCUT2D eigenvalue weighted by Gasteiger charge is 2.37. The zero-order valence-corrected chi connectivity index (χ0v) is 12.0. The number of carbonyl (C=O) groups is 1. The SMILES string of the molecule is Cc1nn(C)c(CC(=O)C2(C)CCCS2)c1Cl. The van der Waals surface area contributed by atoms with E-state index in [1.165, 1.54) is 0 Å². The van der Waals surface area contributed by atoms with Crippen LogP contribution in [0.3, 0.4) is 0 Å². The van der Waals surface area contributed by atoms with Gasteiger partial charge in [0.1, 0.15) is 0 Å². The molecule has 1 fully saturated rings. The van der Waals surface area contributed by atoms with E-state index in [4.69, 9.17) is 11.6 Å². The van der Waals surface area contributed by atoms with E-state index in [0.29, 0.717) is 11.4 Å². The van der Waals surface area contributed by atoms with Gasteiger partial charge in [-0.25, -0.2) is 0 Å². The summed E-state index contributed by atoms with van der Waals surface area (Å²) in [5.41, 5.74) is 1.63. The molecular formula is C12H17ClN2OS. The molecule has 94 valence electrons. The number of halogens is 1. The molecule has 1 aromatic heterocycles. The summed E-state index contributed by atoms with van der Waals surface area (Å²) in [4.78, 5) is 12.3. The second kappa shape index (κ2) is 4.65. The van der Waals surface area contributed by atoms with Crippen molar-refractivity contribution in [2.75, 3.05) is 5.75 Å². The van der Waals surface area contributed by atoms with Gasteiger partial charge in [-0.2, -0.15) is 5.10 Å². The molecule has 1 atom stereocenters. The van der Waals surface area contributed by atoms with Gasteiger partial charge in [0.05, 0.1) is 27.6 Å². The largest absolute Gasteiger partial charge is 0.298 e. The van der Waals surface area contributed by atoms with Crippen molar-refractivity contribution in [3.05, 3.63) is 16.4 Å². The molecule has 0 N–H and O–H groups in total. The molecule has 0 radical (unpaired) electrons.